The van der Waals surface area contributed by atoms with E-state index in [1.54, 1.807) is 45.4 Å². The van der Waals surface area contributed by atoms with E-state index in [9.17, 15) is 4.79 Å². The fourth-order valence-electron chi connectivity index (χ4n) is 2.98. The third-order valence-corrected chi connectivity index (χ3v) is 4.25. The molecule has 0 N–H and O–H groups in total. The van der Waals surface area contributed by atoms with Gasteiger partial charge in [-0.2, -0.15) is 0 Å². The van der Waals surface area contributed by atoms with Crippen LogP contribution in [0.2, 0.25) is 0 Å². The van der Waals surface area contributed by atoms with Gasteiger partial charge in [-0.25, -0.2) is 0 Å². The lowest BCUT2D eigenvalue weighted by Gasteiger charge is -1.99. The van der Waals surface area contributed by atoms with Gasteiger partial charge >= 0.3 is 0 Å². The zero-order chi connectivity index (χ0) is 17.6. The van der Waals surface area contributed by atoms with E-state index < -0.39 is 0 Å². The summed E-state index contributed by atoms with van der Waals surface area (Å²) in [6.07, 6.45) is 0. The van der Waals surface area contributed by atoms with Crippen LogP contribution in [0.15, 0.2) is 51.3 Å². The Morgan fingerprint density at radius 2 is 1.56 bits per heavy atom. The molecular formula is C20H16O5. The summed E-state index contributed by atoms with van der Waals surface area (Å²) in [6, 6.07) is 12.6. The summed E-state index contributed by atoms with van der Waals surface area (Å²) in [7, 11) is 3.18. The topological polar surface area (TPSA) is 61.8 Å². The van der Waals surface area contributed by atoms with E-state index >= 15 is 0 Å². The molecule has 0 radical (unpaired) electrons. The number of aryl methyl sites for hydroxylation is 1. The molecule has 0 saturated carbocycles. The predicted octanol–water partition coefficient (Wildman–Crippen LogP) is 4.74. The lowest BCUT2D eigenvalue weighted by molar-refractivity contribution is 0.101. The second-order valence-corrected chi connectivity index (χ2v) is 5.74. The molecule has 4 aromatic rings. The fourth-order valence-corrected chi connectivity index (χ4v) is 2.98. The maximum atomic E-state index is 13.0. The van der Waals surface area contributed by atoms with Crippen LogP contribution in [0.4, 0.5) is 0 Å². The molecule has 0 saturated heterocycles. The molecule has 0 aliphatic carbocycles. The summed E-state index contributed by atoms with van der Waals surface area (Å²) in [5.41, 5.74) is 1.72. The van der Waals surface area contributed by atoms with Gasteiger partial charge in [-0.15, -0.1) is 0 Å². The quantitative estimate of drug-likeness (QED) is 0.504. The molecule has 5 heteroatoms. The van der Waals surface area contributed by atoms with Crippen LogP contribution in [0.25, 0.3) is 21.9 Å². The van der Waals surface area contributed by atoms with Gasteiger partial charge in [0, 0.05) is 22.9 Å². The number of hydrogen-bond acceptors (Lipinski definition) is 5. The molecule has 0 unspecified atom stereocenters. The monoisotopic (exact) mass is 336 g/mol. The summed E-state index contributed by atoms with van der Waals surface area (Å²) in [5.74, 6) is 1.96. The van der Waals surface area contributed by atoms with Crippen LogP contribution < -0.4 is 9.47 Å². The minimum absolute atomic E-state index is 0.211. The molecule has 0 bridgehead atoms. The highest BCUT2D eigenvalue weighted by molar-refractivity contribution is 6.16. The first-order valence-electron chi connectivity index (χ1n) is 7.80. The minimum Gasteiger partial charge on any atom is -0.497 e. The van der Waals surface area contributed by atoms with Gasteiger partial charge in [-0.05, 0) is 37.3 Å². The van der Waals surface area contributed by atoms with Gasteiger partial charge in [-0.3, -0.25) is 4.79 Å². The van der Waals surface area contributed by atoms with Crippen LogP contribution in [0.1, 0.15) is 21.9 Å². The van der Waals surface area contributed by atoms with Crippen LogP contribution >= 0.6 is 0 Å². The molecule has 0 fully saturated rings. The van der Waals surface area contributed by atoms with Crippen molar-refractivity contribution in [2.45, 2.75) is 6.92 Å². The Balaban J connectivity index is 1.83. The molecule has 0 atom stereocenters. The molecule has 5 nitrogen and oxygen atoms in total. The van der Waals surface area contributed by atoms with E-state index in [0.29, 0.717) is 34.0 Å². The van der Waals surface area contributed by atoms with E-state index in [-0.39, 0.29) is 11.5 Å². The highest BCUT2D eigenvalue weighted by atomic mass is 16.5. The van der Waals surface area contributed by atoms with Crippen molar-refractivity contribution in [3.63, 3.8) is 0 Å². The molecule has 25 heavy (non-hydrogen) atoms. The molecule has 2 aromatic heterocycles. The Labute approximate surface area is 143 Å². The molecule has 126 valence electrons. The van der Waals surface area contributed by atoms with Crippen molar-refractivity contribution in [1.82, 2.24) is 0 Å². The van der Waals surface area contributed by atoms with E-state index in [1.165, 1.54) is 0 Å². The standard InChI is InChI=1S/C20H16O5/c1-11-19(15-7-6-14(23-3)10-17(15)24-11)20(21)18-8-12-4-5-13(22-2)9-16(12)25-18/h4-10H,1-3H3. The number of ketones is 1. The van der Waals surface area contributed by atoms with E-state index in [2.05, 4.69) is 0 Å². The number of fused-ring (bicyclic) bond motifs is 2. The van der Waals surface area contributed by atoms with Gasteiger partial charge in [-0.1, -0.05) is 0 Å². The summed E-state index contributed by atoms with van der Waals surface area (Å²) in [5, 5.41) is 1.58. The first-order chi connectivity index (χ1) is 12.1. The Kier molecular flexibility index (Phi) is 3.50. The van der Waals surface area contributed by atoms with Crippen molar-refractivity contribution < 1.29 is 23.1 Å². The molecule has 2 heterocycles. The Hall–Kier alpha value is -3.21. The molecular weight excluding hydrogens is 320 g/mol. The first kappa shape index (κ1) is 15.3. The fraction of sp³-hybridized carbons (Fsp3) is 0.150. The average molecular weight is 336 g/mol. The summed E-state index contributed by atoms with van der Waals surface area (Å²) >= 11 is 0. The maximum absolute atomic E-state index is 13.0. The van der Waals surface area contributed by atoms with E-state index in [0.717, 1.165) is 10.8 Å². The van der Waals surface area contributed by atoms with E-state index in [1.807, 2.05) is 18.2 Å². The number of methoxy groups -OCH3 is 2. The number of benzene rings is 2. The number of furan rings is 2. The molecule has 0 spiro atoms. The third kappa shape index (κ3) is 2.45. The summed E-state index contributed by atoms with van der Waals surface area (Å²) in [4.78, 5) is 13.0. The highest BCUT2D eigenvalue weighted by Gasteiger charge is 2.23. The number of rotatable bonds is 4. The van der Waals surface area contributed by atoms with Crippen LogP contribution in [0, 0.1) is 6.92 Å². The lowest BCUT2D eigenvalue weighted by atomic mass is 10.0. The first-order valence-corrected chi connectivity index (χ1v) is 7.80. The minimum atomic E-state index is -0.211. The Morgan fingerprint density at radius 3 is 2.28 bits per heavy atom. The second-order valence-electron chi connectivity index (χ2n) is 5.74. The van der Waals surface area contributed by atoms with Crippen LogP contribution in [0.5, 0.6) is 11.5 Å². The number of ether oxygens (including phenoxy) is 2. The zero-order valence-corrected chi connectivity index (χ0v) is 14.1. The summed E-state index contributed by atoms with van der Waals surface area (Å²) in [6.45, 7) is 1.77. The Morgan fingerprint density at radius 1 is 0.880 bits per heavy atom. The molecule has 0 aliphatic heterocycles. The summed E-state index contributed by atoms with van der Waals surface area (Å²) < 4.78 is 21.9. The molecule has 4 rings (SSSR count). The lowest BCUT2D eigenvalue weighted by Crippen LogP contribution is -2.00. The number of carbonyl (C=O) groups is 1. The van der Waals surface area contributed by atoms with Gasteiger partial charge in [0.15, 0.2) is 5.76 Å². The number of hydrogen-bond donors (Lipinski definition) is 0. The van der Waals surface area contributed by atoms with Gasteiger partial charge in [0.1, 0.15) is 28.4 Å². The highest BCUT2D eigenvalue weighted by Crippen LogP contribution is 2.32. The zero-order valence-electron chi connectivity index (χ0n) is 14.1. The molecule has 0 amide bonds. The maximum Gasteiger partial charge on any atom is 0.232 e. The van der Waals surface area contributed by atoms with Gasteiger partial charge in [0.05, 0.1) is 19.8 Å². The van der Waals surface area contributed by atoms with Gasteiger partial charge < -0.3 is 18.3 Å². The average Bonchev–Trinajstić information content (AvgIpc) is 3.19. The molecule has 0 aliphatic rings. The SMILES string of the molecule is COc1ccc2cc(C(=O)c3c(C)oc4cc(OC)ccc34)oc2c1. The smallest absolute Gasteiger partial charge is 0.232 e. The third-order valence-electron chi connectivity index (χ3n) is 4.25. The van der Waals surface area contributed by atoms with Gasteiger partial charge in [0.25, 0.3) is 0 Å². The van der Waals surface area contributed by atoms with Crippen LogP contribution in [-0.4, -0.2) is 20.0 Å². The normalized spacial score (nSPS) is 11.2. The number of carbonyl (C=O) groups excluding carboxylic acids is 1. The molecule has 2 aromatic carbocycles. The van der Waals surface area contributed by atoms with Crippen molar-refractivity contribution in [2.75, 3.05) is 14.2 Å². The van der Waals surface area contributed by atoms with Crippen LogP contribution in [0.3, 0.4) is 0 Å². The van der Waals surface area contributed by atoms with Crippen LogP contribution in [-0.2, 0) is 0 Å². The van der Waals surface area contributed by atoms with Crippen molar-refractivity contribution in [1.29, 1.82) is 0 Å². The van der Waals surface area contributed by atoms with Crippen molar-refractivity contribution >= 4 is 27.7 Å². The predicted molar refractivity (Wildman–Crippen MR) is 93.7 cm³/mol. The van der Waals surface area contributed by atoms with E-state index in [4.69, 9.17) is 18.3 Å². The second kappa shape index (κ2) is 5.70. The largest absolute Gasteiger partial charge is 0.497 e. The Bertz CT molecular complexity index is 1100. The van der Waals surface area contributed by atoms with Crippen molar-refractivity contribution in [2.24, 2.45) is 0 Å². The van der Waals surface area contributed by atoms with Crippen molar-refractivity contribution in [3.05, 3.63) is 59.5 Å². The van der Waals surface area contributed by atoms with Crippen molar-refractivity contribution in [3.8, 4) is 11.5 Å². The van der Waals surface area contributed by atoms with Gasteiger partial charge in [0.2, 0.25) is 5.78 Å².